The molecule has 1 aliphatic heterocycles. The highest BCUT2D eigenvalue weighted by Gasteiger charge is 2.48. The number of hydrogen-bond donors (Lipinski definition) is 0. The average molecular weight is 584 g/mol. The van der Waals surface area contributed by atoms with Gasteiger partial charge in [-0.3, -0.25) is 24.7 Å². The van der Waals surface area contributed by atoms with E-state index in [1.165, 1.54) is 23.1 Å². The number of carbonyl (C=O) groups is 1. The number of hydrogen-bond acceptors (Lipinski definition) is 7. The molecule has 1 aromatic rings. The summed E-state index contributed by atoms with van der Waals surface area (Å²) in [5.41, 5.74) is -0.439. The van der Waals surface area contributed by atoms with Gasteiger partial charge in [0.2, 0.25) is 0 Å². The summed E-state index contributed by atoms with van der Waals surface area (Å²) in [4.78, 5) is 29.7. The lowest BCUT2D eigenvalue weighted by molar-refractivity contribution is -0.385. The Morgan fingerprint density at radius 3 is 2.29 bits per heavy atom. The van der Waals surface area contributed by atoms with Crippen molar-refractivity contribution in [3.8, 4) is 0 Å². The van der Waals surface area contributed by atoms with E-state index in [1.807, 2.05) is 18.7 Å². The van der Waals surface area contributed by atoms with Crippen LogP contribution in [0.1, 0.15) is 24.2 Å². The molecule has 0 radical (unpaired) electrons. The maximum Gasteiger partial charge on any atom is 0.282 e. The summed E-state index contributed by atoms with van der Waals surface area (Å²) in [6.07, 6.45) is 0.541. The molecule has 0 aliphatic carbocycles. The maximum atomic E-state index is 13.4. The Morgan fingerprint density at radius 2 is 1.81 bits per heavy atom. The fraction of sp³-hybridized carbons (Fsp3) is 0.632. The monoisotopic (exact) mass is 582 g/mol. The maximum absolute atomic E-state index is 13.4. The number of benzene rings is 1. The first-order chi connectivity index (χ1) is 14.5. The van der Waals surface area contributed by atoms with Gasteiger partial charge in [0.1, 0.15) is 5.56 Å². The van der Waals surface area contributed by atoms with E-state index in [9.17, 15) is 23.3 Å². The molecule has 1 saturated heterocycles. The van der Waals surface area contributed by atoms with Gasteiger partial charge in [-0.1, -0.05) is 44.0 Å². The number of amides is 1. The molecule has 9 nitrogen and oxygen atoms in total. The largest absolute Gasteiger partial charge is 0.317 e. The van der Waals surface area contributed by atoms with Crippen molar-refractivity contribution < 1.29 is 18.1 Å². The second-order valence-electron chi connectivity index (χ2n) is 7.65. The quantitative estimate of drug-likeness (QED) is 0.250. The van der Waals surface area contributed by atoms with Crippen LogP contribution in [0.25, 0.3) is 0 Å². The predicted octanol–water partition coefficient (Wildman–Crippen LogP) is 2.55. The fourth-order valence-electron chi connectivity index (χ4n) is 3.99. The highest BCUT2D eigenvalue weighted by atomic mass is 79.9. The number of nitro groups is 1. The van der Waals surface area contributed by atoms with Crippen LogP contribution in [0.5, 0.6) is 0 Å². The van der Waals surface area contributed by atoms with Gasteiger partial charge >= 0.3 is 0 Å². The third-order valence-electron chi connectivity index (χ3n) is 5.31. The molecule has 1 amide bonds. The lowest BCUT2D eigenvalue weighted by atomic mass is 10.1. The van der Waals surface area contributed by atoms with Gasteiger partial charge in [-0.2, -0.15) is 0 Å². The van der Waals surface area contributed by atoms with Crippen LogP contribution in [-0.2, 0) is 9.84 Å². The molecule has 2 atom stereocenters. The number of carbonyl (C=O) groups excluding carboxylic acids is 1. The molecular formula is C19H28Br2N4O5S. The molecule has 1 aliphatic rings. The van der Waals surface area contributed by atoms with Crippen molar-refractivity contribution in [2.24, 2.45) is 0 Å². The molecule has 0 N–H and O–H groups in total. The second-order valence-corrected chi connectivity index (χ2v) is 11.4. The summed E-state index contributed by atoms with van der Waals surface area (Å²) in [5, 5.41) is 11.6. The van der Waals surface area contributed by atoms with Crippen molar-refractivity contribution in [2.75, 3.05) is 43.1 Å². The van der Waals surface area contributed by atoms with Gasteiger partial charge in [0.25, 0.3) is 11.6 Å². The van der Waals surface area contributed by atoms with Gasteiger partial charge in [-0.25, -0.2) is 8.42 Å². The summed E-state index contributed by atoms with van der Waals surface area (Å²) >= 11 is 6.88. The number of para-hydroxylation sites is 1. The second kappa shape index (κ2) is 11.2. The zero-order chi connectivity index (χ0) is 23.3. The van der Waals surface area contributed by atoms with Crippen LogP contribution in [0.15, 0.2) is 24.3 Å². The van der Waals surface area contributed by atoms with Crippen LogP contribution in [0, 0.1) is 10.1 Å². The first-order valence-corrected chi connectivity index (χ1v) is 14.1. The Labute approximate surface area is 200 Å². The Kier molecular flexibility index (Phi) is 9.43. The van der Waals surface area contributed by atoms with E-state index in [2.05, 4.69) is 36.8 Å². The molecule has 2 rings (SSSR count). The molecule has 174 valence electrons. The molecule has 0 spiro atoms. The molecular weight excluding hydrogens is 556 g/mol. The van der Waals surface area contributed by atoms with Crippen LogP contribution in [0.2, 0.25) is 0 Å². The summed E-state index contributed by atoms with van der Waals surface area (Å²) in [7, 11) is -3.74. The van der Waals surface area contributed by atoms with Crippen molar-refractivity contribution in [2.45, 2.75) is 31.4 Å². The summed E-state index contributed by atoms with van der Waals surface area (Å²) < 4.78 is 26.1. The van der Waals surface area contributed by atoms with E-state index in [4.69, 9.17) is 0 Å². The number of piperazine rings is 1. The van der Waals surface area contributed by atoms with E-state index in [1.54, 1.807) is 6.07 Å². The zero-order valence-electron chi connectivity index (χ0n) is 17.8. The highest BCUT2D eigenvalue weighted by Crippen LogP contribution is 2.30. The van der Waals surface area contributed by atoms with Crippen LogP contribution in [0.4, 0.5) is 5.69 Å². The van der Waals surface area contributed by atoms with Gasteiger partial charge in [-0.15, -0.1) is 0 Å². The zero-order valence-corrected chi connectivity index (χ0v) is 21.8. The van der Waals surface area contributed by atoms with Crippen LogP contribution < -0.4 is 0 Å². The normalized spacial score (nSPS) is 20.4. The molecule has 1 heterocycles. The van der Waals surface area contributed by atoms with Crippen LogP contribution in [-0.4, -0.2) is 94.6 Å². The molecule has 0 saturated carbocycles. The lowest BCUT2D eigenvalue weighted by Crippen LogP contribution is -2.70. The number of halogens is 2. The number of rotatable bonds is 9. The minimum atomic E-state index is -3.74. The van der Waals surface area contributed by atoms with Crippen molar-refractivity contribution in [3.63, 3.8) is 0 Å². The number of sulfone groups is 1. The Hall–Kier alpha value is -1.08. The summed E-state index contributed by atoms with van der Waals surface area (Å²) in [5.74, 6) is -0.645. The van der Waals surface area contributed by atoms with Crippen LogP contribution in [0.3, 0.4) is 0 Å². The van der Waals surface area contributed by atoms with E-state index in [0.717, 1.165) is 6.26 Å². The van der Waals surface area contributed by atoms with Crippen molar-refractivity contribution in [3.05, 3.63) is 39.9 Å². The minimum Gasteiger partial charge on any atom is -0.317 e. The average Bonchev–Trinajstić information content (AvgIpc) is 2.71. The third-order valence-corrected chi connectivity index (χ3v) is 7.40. The molecule has 0 aromatic heterocycles. The van der Waals surface area contributed by atoms with E-state index < -0.39 is 32.2 Å². The molecule has 1 fully saturated rings. The highest BCUT2D eigenvalue weighted by molar-refractivity contribution is 9.09. The standard InChI is InChI=1S/C19H28Br2N4O5S/c1-14(2)23-12-13-24(18(26)15-6-4-5-7-16(15)25(27)28)19(31(3,29)30)17(23)22(10-8-20)11-9-21/h4-7,14,17,19H,8-13H2,1-3H3. The molecule has 2 unspecified atom stereocenters. The molecule has 12 heteroatoms. The van der Waals surface area contributed by atoms with Gasteiger partial charge in [-0.05, 0) is 19.9 Å². The van der Waals surface area contributed by atoms with Gasteiger partial charge in [0.05, 0.1) is 11.1 Å². The molecule has 0 bridgehead atoms. The van der Waals surface area contributed by atoms with Crippen molar-refractivity contribution in [1.82, 2.24) is 14.7 Å². The number of nitro benzene ring substituents is 1. The Morgan fingerprint density at radius 1 is 1.23 bits per heavy atom. The topological polar surface area (TPSA) is 104 Å². The molecule has 31 heavy (non-hydrogen) atoms. The Bertz CT molecular complexity index is 893. The van der Waals surface area contributed by atoms with Crippen LogP contribution >= 0.6 is 31.9 Å². The van der Waals surface area contributed by atoms with Crippen molar-refractivity contribution in [1.29, 1.82) is 0 Å². The SMILES string of the molecule is CC(C)N1CCN(C(=O)c2ccccc2[N+](=O)[O-])C(S(C)(=O)=O)C1N(CCBr)CCBr. The lowest BCUT2D eigenvalue weighted by Gasteiger charge is -2.52. The fourth-order valence-corrected chi connectivity index (χ4v) is 6.34. The first-order valence-electron chi connectivity index (χ1n) is 9.89. The van der Waals surface area contributed by atoms with Crippen molar-refractivity contribution >= 4 is 53.3 Å². The van der Waals surface area contributed by atoms with E-state index in [0.29, 0.717) is 30.3 Å². The number of nitrogens with zero attached hydrogens (tertiary/aromatic N) is 4. The molecule has 1 aromatic carbocycles. The number of alkyl halides is 2. The first kappa shape index (κ1) is 26.2. The third kappa shape index (κ3) is 6.04. The summed E-state index contributed by atoms with van der Waals surface area (Å²) in [6.45, 7) is 5.77. The smallest absolute Gasteiger partial charge is 0.282 e. The van der Waals surface area contributed by atoms with Gasteiger partial charge in [0.15, 0.2) is 15.2 Å². The van der Waals surface area contributed by atoms with E-state index >= 15 is 0 Å². The van der Waals surface area contributed by atoms with E-state index in [-0.39, 0.29) is 23.8 Å². The summed E-state index contributed by atoms with van der Waals surface area (Å²) in [6, 6.07) is 5.70. The van der Waals surface area contributed by atoms with Gasteiger partial charge < -0.3 is 4.90 Å². The minimum absolute atomic E-state index is 0.0470. The Balaban J connectivity index is 2.61. The van der Waals surface area contributed by atoms with Gasteiger partial charge in [0, 0.05) is 55.2 Å². The predicted molar refractivity (Wildman–Crippen MR) is 128 cm³/mol.